The van der Waals surface area contributed by atoms with Gasteiger partial charge < -0.3 is 10.6 Å². The van der Waals surface area contributed by atoms with Crippen LogP contribution in [0.15, 0.2) is 12.3 Å². The minimum absolute atomic E-state index is 0.562. The van der Waals surface area contributed by atoms with E-state index in [0.717, 1.165) is 32.5 Å². The smallest absolute Gasteiger partial charge is 0.0649 e. The molecule has 1 aliphatic rings. The molecule has 0 bridgehead atoms. The Labute approximate surface area is 104 Å². The first-order valence-electron chi connectivity index (χ1n) is 6.80. The Morgan fingerprint density at radius 2 is 2.41 bits per heavy atom. The van der Waals surface area contributed by atoms with Crippen molar-refractivity contribution in [1.29, 1.82) is 0 Å². The van der Waals surface area contributed by atoms with Crippen molar-refractivity contribution in [2.45, 2.75) is 38.6 Å². The van der Waals surface area contributed by atoms with Gasteiger partial charge in [0.15, 0.2) is 0 Å². The van der Waals surface area contributed by atoms with Gasteiger partial charge in [0, 0.05) is 18.4 Å². The molecule has 96 valence electrons. The van der Waals surface area contributed by atoms with E-state index in [1.165, 1.54) is 25.1 Å². The highest BCUT2D eigenvalue weighted by Crippen LogP contribution is 2.22. The van der Waals surface area contributed by atoms with E-state index in [1.54, 1.807) is 0 Å². The number of likely N-dealkylation sites (N-methyl/N-ethyl adjacent to an activating group) is 1. The van der Waals surface area contributed by atoms with Gasteiger partial charge in [0.25, 0.3) is 0 Å². The minimum atomic E-state index is 0.562. The quantitative estimate of drug-likeness (QED) is 0.841. The van der Waals surface area contributed by atoms with Gasteiger partial charge in [-0.15, -0.1) is 0 Å². The predicted molar refractivity (Wildman–Crippen MR) is 70.0 cm³/mol. The Kier molecular flexibility index (Phi) is 4.57. The second-order valence-corrected chi connectivity index (χ2v) is 4.85. The number of hydrogen-bond acceptors (Lipinski definition) is 3. The third kappa shape index (κ3) is 3.07. The molecule has 4 heteroatoms. The third-order valence-corrected chi connectivity index (χ3v) is 3.66. The van der Waals surface area contributed by atoms with Gasteiger partial charge in [0.2, 0.25) is 0 Å². The molecule has 1 aromatic rings. The van der Waals surface area contributed by atoms with Crippen molar-refractivity contribution in [3.63, 3.8) is 0 Å². The fourth-order valence-corrected chi connectivity index (χ4v) is 2.67. The molecule has 0 aliphatic carbocycles. The third-order valence-electron chi connectivity index (χ3n) is 3.66. The van der Waals surface area contributed by atoms with Crippen LogP contribution in [0.25, 0.3) is 0 Å². The molecule has 0 amide bonds. The molecule has 0 radical (unpaired) electrons. The molecule has 1 fully saturated rings. The van der Waals surface area contributed by atoms with Crippen molar-refractivity contribution >= 4 is 0 Å². The summed E-state index contributed by atoms with van der Waals surface area (Å²) in [6.07, 6.45) is 6.58. The summed E-state index contributed by atoms with van der Waals surface area (Å²) in [5.41, 5.74) is 6.93. The summed E-state index contributed by atoms with van der Waals surface area (Å²) in [4.78, 5) is 2.52. The van der Waals surface area contributed by atoms with Crippen LogP contribution in [0.4, 0.5) is 0 Å². The predicted octanol–water partition coefficient (Wildman–Crippen LogP) is 1.43. The van der Waals surface area contributed by atoms with Crippen LogP contribution in [0.3, 0.4) is 0 Å². The van der Waals surface area contributed by atoms with Gasteiger partial charge in [-0.25, -0.2) is 0 Å². The second-order valence-electron chi connectivity index (χ2n) is 4.85. The van der Waals surface area contributed by atoms with Crippen LogP contribution in [0, 0.1) is 0 Å². The summed E-state index contributed by atoms with van der Waals surface area (Å²) in [6, 6.07) is 2.70. The number of likely N-dealkylation sites (tertiary alicyclic amines) is 1. The molecular formula is C13H24N4. The van der Waals surface area contributed by atoms with Gasteiger partial charge >= 0.3 is 0 Å². The average molecular weight is 236 g/mol. The number of hydrogen-bond donors (Lipinski definition) is 1. The largest absolute Gasteiger partial charge is 0.330 e. The van der Waals surface area contributed by atoms with Gasteiger partial charge in [-0.2, -0.15) is 5.10 Å². The topological polar surface area (TPSA) is 47.1 Å². The van der Waals surface area contributed by atoms with Crippen molar-refractivity contribution in [2.24, 2.45) is 5.73 Å². The molecule has 1 aromatic heterocycles. The fourth-order valence-electron chi connectivity index (χ4n) is 2.67. The first kappa shape index (κ1) is 12.6. The van der Waals surface area contributed by atoms with Gasteiger partial charge in [-0.3, -0.25) is 4.68 Å². The Balaban J connectivity index is 2.02. The van der Waals surface area contributed by atoms with E-state index in [4.69, 9.17) is 5.73 Å². The number of nitrogens with zero attached hydrogens (tertiary/aromatic N) is 3. The van der Waals surface area contributed by atoms with Crippen LogP contribution in [0.5, 0.6) is 0 Å². The Hall–Kier alpha value is -0.870. The zero-order chi connectivity index (χ0) is 12.1. The molecule has 2 rings (SSSR count). The maximum atomic E-state index is 5.58. The second kappa shape index (κ2) is 6.17. The number of piperidine rings is 1. The van der Waals surface area contributed by atoms with E-state index in [0.29, 0.717) is 6.04 Å². The van der Waals surface area contributed by atoms with Crippen LogP contribution < -0.4 is 5.73 Å². The van der Waals surface area contributed by atoms with Crippen molar-refractivity contribution in [1.82, 2.24) is 14.7 Å². The van der Waals surface area contributed by atoms with E-state index in [2.05, 4.69) is 27.7 Å². The summed E-state index contributed by atoms with van der Waals surface area (Å²) in [7, 11) is 0. The summed E-state index contributed by atoms with van der Waals surface area (Å²) in [5, 5.41) is 4.51. The lowest BCUT2D eigenvalue weighted by atomic mass is 10.1. The zero-order valence-electron chi connectivity index (χ0n) is 10.8. The highest BCUT2D eigenvalue weighted by atomic mass is 15.3. The first-order chi connectivity index (χ1) is 8.35. The lowest BCUT2D eigenvalue weighted by Gasteiger charge is -2.32. The fraction of sp³-hybridized carbons (Fsp3) is 0.769. The number of aryl methyl sites for hydroxylation is 1. The number of aromatic nitrogens is 2. The van der Waals surface area contributed by atoms with Gasteiger partial charge in [0.1, 0.15) is 0 Å². The van der Waals surface area contributed by atoms with Crippen LogP contribution in [-0.4, -0.2) is 40.9 Å². The summed E-state index contributed by atoms with van der Waals surface area (Å²) in [6.45, 7) is 6.54. The Morgan fingerprint density at radius 1 is 1.53 bits per heavy atom. The van der Waals surface area contributed by atoms with Gasteiger partial charge in [-0.05, 0) is 51.4 Å². The maximum Gasteiger partial charge on any atom is 0.0649 e. The molecule has 1 saturated heterocycles. The maximum absolute atomic E-state index is 5.58. The zero-order valence-corrected chi connectivity index (χ0v) is 10.8. The summed E-state index contributed by atoms with van der Waals surface area (Å²) < 4.78 is 2.23. The normalized spacial score (nSPS) is 21.9. The molecule has 17 heavy (non-hydrogen) atoms. The van der Waals surface area contributed by atoms with Crippen molar-refractivity contribution in [2.75, 3.05) is 26.2 Å². The molecule has 1 atom stereocenters. The van der Waals surface area contributed by atoms with E-state index in [9.17, 15) is 0 Å². The van der Waals surface area contributed by atoms with Crippen molar-refractivity contribution in [3.05, 3.63) is 18.0 Å². The van der Waals surface area contributed by atoms with Crippen LogP contribution in [-0.2, 0) is 6.42 Å². The minimum Gasteiger partial charge on any atom is -0.330 e. The van der Waals surface area contributed by atoms with Crippen LogP contribution in [0.1, 0.15) is 37.9 Å². The SMILES string of the molecule is CCN1CCCC(n2nccc2CCCN)C1. The van der Waals surface area contributed by atoms with Crippen molar-refractivity contribution in [3.8, 4) is 0 Å². The molecule has 0 aromatic carbocycles. The summed E-state index contributed by atoms with van der Waals surface area (Å²) in [5.74, 6) is 0. The number of nitrogens with two attached hydrogens (primary N) is 1. The Morgan fingerprint density at radius 3 is 3.18 bits per heavy atom. The van der Waals surface area contributed by atoms with E-state index >= 15 is 0 Å². The number of rotatable bonds is 5. The molecule has 2 heterocycles. The van der Waals surface area contributed by atoms with Crippen LogP contribution in [0.2, 0.25) is 0 Å². The lowest BCUT2D eigenvalue weighted by molar-refractivity contribution is 0.175. The monoisotopic (exact) mass is 236 g/mol. The van der Waals surface area contributed by atoms with Gasteiger partial charge in [0.05, 0.1) is 6.04 Å². The highest BCUT2D eigenvalue weighted by molar-refractivity contribution is 5.03. The van der Waals surface area contributed by atoms with E-state index in [1.807, 2.05) is 6.20 Å². The van der Waals surface area contributed by atoms with E-state index in [-0.39, 0.29) is 0 Å². The Bertz CT molecular complexity index is 334. The molecule has 0 spiro atoms. The average Bonchev–Trinajstić information content (AvgIpc) is 2.84. The summed E-state index contributed by atoms with van der Waals surface area (Å²) >= 11 is 0. The van der Waals surface area contributed by atoms with Crippen molar-refractivity contribution < 1.29 is 0 Å². The molecule has 1 aliphatic heterocycles. The first-order valence-corrected chi connectivity index (χ1v) is 6.80. The van der Waals surface area contributed by atoms with Gasteiger partial charge in [-0.1, -0.05) is 6.92 Å². The van der Waals surface area contributed by atoms with E-state index < -0.39 is 0 Å². The molecule has 2 N–H and O–H groups in total. The molecular weight excluding hydrogens is 212 g/mol. The highest BCUT2D eigenvalue weighted by Gasteiger charge is 2.21. The lowest BCUT2D eigenvalue weighted by Crippen LogP contribution is -2.37. The molecule has 0 saturated carbocycles. The molecule has 1 unspecified atom stereocenters. The van der Waals surface area contributed by atoms with Crippen LogP contribution >= 0.6 is 0 Å². The molecule has 4 nitrogen and oxygen atoms in total. The standard InChI is InChI=1S/C13H24N4/c1-2-16-10-4-6-13(11-16)17-12(5-3-8-14)7-9-15-17/h7,9,13H,2-6,8,10-11,14H2,1H3.